The number of aliphatic carboxylic acids is 1. The summed E-state index contributed by atoms with van der Waals surface area (Å²) in [6.45, 7) is 3.35. The molecule has 1 aromatic heterocycles. The molecule has 1 unspecified atom stereocenters. The molecule has 1 aromatic carbocycles. The van der Waals surface area contributed by atoms with E-state index < -0.39 is 23.8 Å². The van der Waals surface area contributed by atoms with Crippen LogP contribution in [0.4, 0.5) is 0 Å². The van der Waals surface area contributed by atoms with Gasteiger partial charge in [-0.1, -0.05) is 42.8 Å². The minimum atomic E-state index is -1.04. The molecular weight excluding hydrogens is 374 g/mol. The highest BCUT2D eigenvalue weighted by atomic mass is 35.5. The molecule has 0 aliphatic rings. The number of aromatic nitrogens is 3. The number of nitrogens with zero attached hydrogens (tertiary/aromatic N) is 3. The number of rotatable bonds is 8. The fourth-order valence-electron chi connectivity index (χ4n) is 2.32. The van der Waals surface area contributed by atoms with E-state index >= 15 is 0 Å². The molecule has 2 rings (SSSR count). The first-order valence-electron chi connectivity index (χ1n) is 8.22. The van der Waals surface area contributed by atoms with Crippen LogP contribution >= 0.6 is 11.6 Å². The second-order valence-corrected chi connectivity index (χ2v) is 6.60. The fourth-order valence-corrected chi connectivity index (χ4v) is 2.54. The summed E-state index contributed by atoms with van der Waals surface area (Å²) < 4.78 is 1.16. The third-order valence-corrected chi connectivity index (χ3v) is 4.01. The average molecular weight is 394 g/mol. The Bertz CT molecular complexity index is 836. The Morgan fingerprint density at radius 3 is 2.59 bits per heavy atom. The second-order valence-electron chi connectivity index (χ2n) is 6.19. The van der Waals surface area contributed by atoms with Crippen LogP contribution in [-0.2, 0) is 22.7 Å². The normalized spacial score (nSPS) is 11.9. The molecule has 1 heterocycles. The number of benzene rings is 1. The van der Waals surface area contributed by atoms with Gasteiger partial charge in [0, 0.05) is 0 Å². The topological polar surface area (TPSA) is 126 Å². The van der Waals surface area contributed by atoms with E-state index in [1.54, 1.807) is 38.1 Å². The van der Waals surface area contributed by atoms with Gasteiger partial charge in [-0.25, -0.2) is 4.68 Å². The molecule has 0 radical (unpaired) electrons. The number of amides is 2. The molecule has 10 heteroatoms. The maximum absolute atomic E-state index is 12.5. The number of carbonyl (C=O) groups excluding carboxylic acids is 2. The van der Waals surface area contributed by atoms with Crippen molar-refractivity contribution in [1.29, 1.82) is 0 Å². The Labute approximate surface area is 160 Å². The van der Waals surface area contributed by atoms with Crippen LogP contribution in [0, 0.1) is 5.92 Å². The Morgan fingerprint density at radius 1 is 1.26 bits per heavy atom. The van der Waals surface area contributed by atoms with Gasteiger partial charge >= 0.3 is 5.97 Å². The van der Waals surface area contributed by atoms with Gasteiger partial charge in [-0.05, 0) is 18.1 Å². The summed E-state index contributed by atoms with van der Waals surface area (Å²) in [5.41, 5.74) is 0.693. The predicted octanol–water partition coefficient (Wildman–Crippen LogP) is 1.09. The predicted molar refractivity (Wildman–Crippen MR) is 97.0 cm³/mol. The zero-order valence-electron chi connectivity index (χ0n) is 14.8. The minimum Gasteiger partial charge on any atom is -0.480 e. The Balaban J connectivity index is 1.98. The summed E-state index contributed by atoms with van der Waals surface area (Å²) in [4.78, 5) is 35.5. The molecule has 0 aliphatic carbocycles. The zero-order valence-corrected chi connectivity index (χ0v) is 15.6. The van der Waals surface area contributed by atoms with Gasteiger partial charge in [-0.15, -0.1) is 5.10 Å². The van der Waals surface area contributed by atoms with Gasteiger partial charge in [0.1, 0.15) is 18.3 Å². The summed E-state index contributed by atoms with van der Waals surface area (Å²) in [6.07, 6.45) is 1.43. The lowest BCUT2D eigenvalue weighted by molar-refractivity contribution is -0.138. The maximum Gasteiger partial charge on any atom is 0.325 e. The van der Waals surface area contributed by atoms with Gasteiger partial charge in [-0.3, -0.25) is 14.4 Å². The van der Waals surface area contributed by atoms with E-state index in [9.17, 15) is 14.4 Å². The van der Waals surface area contributed by atoms with Crippen LogP contribution in [0.3, 0.4) is 0 Å². The largest absolute Gasteiger partial charge is 0.480 e. The highest BCUT2D eigenvalue weighted by Gasteiger charge is 2.25. The molecule has 144 valence electrons. The molecule has 9 nitrogen and oxygen atoms in total. The lowest BCUT2D eigenvalue weighted by atomic mass is 10.0. The highest BCUT2D eigenvalue weighted by Crippen LogP contribution is 2.15. The van der Waals surface area contributed by atoms with Crippen LogP contribution in [0.2, 0.25) is 5.02 Å². The van der Waals surface area contributed by atoms with Gasteiger partial charge in [0.25, 0.3) is 5.91 Å². The van der Waals surface area contributed by atoms with E-state index in [-0.39, 0.29) is 24.6 Å². The first kappa shape index (κ1) is 20.4. The Morgan fingerprint density at radius 2 is 1.96 bits per heavy atom. The van der Waals surface area contributed by atoms with Crippen LogP contribution in [0.25, 0.3) is 0 Å². The molecule has 0 saturated carbocycles. The number of carbonyl (C=O) groups is 3. The summed E-state index contributed by atoms with van der Waals surface area (Å²) in [7, 11) is 0. The van der Waals surface area contributed by atoms with Crippen molar-refractivity contribution in [2.45, 2.75) is 33.0 Å². The second kappa shape index (κ2) is 9.13. The van der Waals surface area contributed by atoms with Crippen LogP contribution < -0.4 is 10.6 Å². The average Bonchev–Trinajstić information content (AvgIpc) is 3.04. The van der Waals surface area contributed by atoms with Crippen LogP contribution in [0.1, 0.15) is 29.9 Å². The molecule has 0 fully saturated rings. The minimum absolute atomic E-state index is 0.0592. The number of halogens is 1. The van der Waals surface area contributed by atoms with E-state index in [0.29, 0.717) is 10.7 Å². The number of nitrogens with one attached hydrogen (secondary N) is 2. The smallest absolute Gasteiger partial charge is 0.325 e. The standard InChI is InChI=1S/C17H20ClN5O4/c1-10(2)15(20-16(26)12-5-3-4-6-13(12)18)17(27)19-7-11-8-23(22-21-11)9-14(24)25/h3-6,8,10,15H,7,9H2,1-2H3,(H,19,27)(H,20,26)(H,24,25). The van der Waals surface area contributed by atoms with E-state index in [4.69, 9.17) is 16.7 Å². The van der Waals surface area contributed by atoms with Gasteiger partial charge in [-0.2, -0.15) is 0 Å². The van der Waals surface area contributed by atoms with Crippen molar-refractivity contribution in [3.63, 3.8) is 0 Å². The zero-order chi connectivity index (χ0) is 20.0. The van der Waals surface area contributed by atoms with Crippen molar-refractivity contribution in [1.82, 2.24) is 25.6 Å². The van der Waals surface area contributed by atoms with Crippen molar-refractivity contribution in [2.75, 3.05) is 0 Å². The van der Waals surface area contributed by atoms with Crippen LogP contribution in [0.15, 0.2) is 30.5 Å². The molecule has 3 N–H and O–H groups in total. The number of carboxylic acids is 1. The summed E-state index contributed by atoms with van der Waals surface area (Å²) in [5.74, 6) is -2.04. The molecule has 27 heavy (non-hydrogen) atoms. The van der Waals surface area contributed by atoms with E-state index in [0.717, 1.165) is 4.68 Å². The number of hydrogen-bond acceptors (Lipinski definition) is 5. The van der Waals surface area contributed by atoms with E-state index in [1.165, 1.54) is 6.20 Å². The third kappa shape index (κ3) is 5.78. The molecule has 0 saturated heterocycles. The molecule has 2 aromatic rings. The third-order valence-electron chi connectivity index (χ3n) is 3.68. The van der Waals surface area contributed by atoms with Gasteiger partial charge in [0.2, 0.25) is 5.91 Å². The van der Waals surface area contributed by atoms with Crippen molar-refractivity contribution >= 4 is 29.4 Å². The summed E-state index contributed by atoms with van der Waals surface area (Å²) in [6, 6.07) is 5.80. The molecule has 2 amide bonds. The van der Waals surface area contributed by atoms with Crippen molar-refractivity contribution in [3.05, 3.63) is 46.7 Å². The summed E-state index contributed by atoms with van der Waals surface area (Å²) >= 11 is 6.02. The first-order valence-corrected chi connectivity index (χ1v) is 8.59. The van der Waals surface area contributed by atoms with E-state index in [1.807, 2.05) is 0 Å². The Kier molecular flexibility index (Phi) is 6.89. The lowest BCUT2D eigenvalue weighted by Crippen LogP contribution is -2.49. The van der Waals surface area contributed by atoms with Gasteiger partial charge < -0.3 is 15.7 Å². The lowest BCUT2D eigenvalue weighted by Gasteiger charge is -2.21. The van der Waals surface area contributed by atoms with Crippen molar-refractivity contribution < 1.29 is 19.5 Å². The summed E-state index contributed by atoms with van der Waals surface area (Å²) in [5, 5.41) is 21.8. The van der Waals surface area contributed by atoms with Crippen LogP contribution in [-0.4, -0.2) is 43.9 Å². The first-order chi connectivity index (χ1) is 12.8. The highest BCUT2D eigenvalue weighted by molar-refractivity contribution is 6.33. The van der Waals surface area contributed by atoms with Gasteiger partial charge in [0.05, 0.1) is 23.3 Å². The van der Waals surface area contributed by atoms with E-state index in [2.05, 4.69) is 20.9 Å². The number of carboxylic acid groups (broad SMARTS) is 1. The van der Waals surface area contributed by atoms with Crippen molar-refractivity contribution in [2.24, 2.45) is 5.92 Å². The fraction of sp³-hybridized carbons (Fsp3) is 0.353. The molecule has 0 spiro atoms. The quantitative estimate of drug-likeness (QED) is 0.616. The monoisotopic (exact) mass is 393 g/mol. The van der Waals surface area contributed by atoms with Crippen molar-refractivity contribution in [3.8, 4) is 0 Å². The SMILES string of the molecule is CC(C)C(NC(=O)c1ccccc1Cl)C(=O)NCc1cn(CC(=O)O)nn1. The molecule has 0 bridgehead atoms. The van der Waals surface area contributed by atoms with Gasteiger partial charge in [0.15, 0.2) is 0 Å². The molecule has 1 atom stereocenters. The molecule has 0 aliphatic heterocycles. The number of hydrogen-bond donors (Lipinski definition) is 3. The Hall–Kier alpha value is -2.94. The maximum atomic E-state index is 12.5. The molecular formula is C17H20ClN5O4. The van der Waals surface area contributed by atoms with Crippen LogP contribution in [0.5, 0.6) is 0 Å².